The summed E-state index contributed by atoms with van der Waals surface area (Å²) in [5, 5.41) is 13.9. The second-order valence-electron chi connectivity index (χ2n) is 6.97. The van der Waals surface area contributed by atoms with Crippen LogP contribution in [-0.4, -0.2) is 30.7 Å². The molecule has 170 valence electrons. The Hall–Kier alpha value is -3.70. The molecular formula is C22H18N2O7S2. The number of hydrogen-bond acceptors (Lipinski definition) is 9. The Kier molecular flexibility index (Phi) is 6.43. The van der Waals surface area contributed by atoms with Crippen LogP contribution in [0.2, 0.25) is 0 Å². The Labute approximate surface area is 196 Å². The number of hydrogen-bond donors (Lipinski definition) is 1. The number of anilines is 1. The largest absolute Gasteiger partial charge is 0.465 e. The number of amides is 1. The summed E-state index contributed by atoms with van der Waals surface area (Å²) in [6.45, 7) is 1.99. The van der Waals surface area contributed by atoms with E-state index in [1.807, 2.05) is 18.2 Å². The van der Waals surface area contributed by atoms with Crippen LogP contribution in [0.4, 0.5) is 10.0 Å². The van der Waals surface area contributed by atoms with Crippen LogP contribution in [0, 0.1) is 17.0 Å². The zero-order chi connectivity index (χ0) is 23.5. The number of fused-ring (bicyclic) bond motifs is 1. The lowest BCUT2D eigenvalue weighted by Gasteiger charge is -2.04. The summed E-state index contributed by atoms with van der Waals surface area (Å²) in [4.78, 5) is 36.7. The van der Waals surface area contributed by atoms with Gasteiger partial charge in [-0.25, -0.2) is 4.79 Å². The molecule has 1 amide bonds. The van der Waals surface area contributed by atoms with Crippen LogP contribution in [-0.2, 0) is 16.0 Å². The molecule has 1 N–H and O–H groups in total. The smallest absolute Gasteiger partial charge is 0.341 e. The van der Waals surface area contributed by atoms with Gasteiger partial charge in [0.2, 0.25) is 12.7 Å². The number of thiophene rings is 2. The molecule has 11 heteroatoms. The minimum Gasteiger partial charge on any atom is -0.465 e. The van der Waals surface area contributed by atoms with Gasteiger partial charge in [-0.3, -0.25) is 14.9 Å². The number of methoxy groups -OCH3 is 1. The van der Waals surface area contributed by atoms with Gasteiger partial charge in [-0.05, 0) is 42.3 Å². The molecule has 1 aliphatic heterocycles. The van der Waals surface area contributed by atoms with Gasteiger partial charge in [0, 0.05) is 28.3 Å². The highest BCUT2D eigenvalue weighted by atomic mass is 32.1. The van der Waals surface area contributed by atoms with Crippen molar-refractivity contribution in [2.75, 3.05) is 19.2 Å². The lowest BCUT2D eigenvalue weighted by Crippen LogP contribution is -2.11. The predicted molar refractivity (Wildman–Crippen MR) is 124 cm³/mol. The second-order valence-corrected chi connectivity index (χ2v) is 9.17. The van der Waals surface area contributed by atoms with E-state index < -0.39 is 16.8 Å². The van der Waals surface area contributed by atoms with Crippen molar-refractivity contribution in [3.05, 3.63) is 73.0 Å². The number of benzene rings is 1. The molecule has 9 nitrogen and oxygen atoms in total. The number of carbonyl (C=O) groups excluding carboxylic acids is 2. The summed E-state index contributed by atoms with van der Waals surface area (Å²) in [5.74, 6) is 0.344. The van der Waals surface area contributed by atoms with E-state index in [1.165, 1.54) is 36.7 Å². The topological polar surface area (TPSA) is 117 Å². The van der Waals surface area contributed by atoms with Crippen molar-refractivity contribution in [2.45, 2.75) is 13.3 Å². The van der Waals surface area contributed by atoms with E-state index in [2.05, 4.69) is 5.32 Å². The van der Waals surface area contributed by atoms with Gasteiger partial charge in [0.05, 0.1) is 17.6 Å². The number of nitrogens with zero attached hydrogens (tertiary/aromatic N) is 1. The van der Waals surface area contributed by atoms with Gasteiger partial charge < -0.3 is 19.5 Å². The maximum atomic E-state index is 12.5. The van der Waals surface area contributed by atoms with Gasteiger partial charge in [0.25, 0.3) is 0 Å². The molecule has 4 rings (SSSR count). The van der Waals surface area contributed by atoms with Crippen molar-refractivity contribution in [2.24, 2.45) is 0 Å². The Morgan fingerprint density at radius 1 is 1.21 bits per heavy atom. The molecule has 0 unspecified atom stereocenters. The van der Waals surface area contributed by atoms with Crippen LogP contribution < -0.4 is 14.8 Å². The van der Waals surface area contributed by atoms with Crippen LogP contribution in [0.25, 0.3) is 6.08 Å². The van der Waals surface area contributed by atoms with E-state index in [4.69, 9.17) is 14.2 Å². The number of rotatable bonds is 7. The molecule has 0 bridgehead atoms. The van der Waals surface area contributed by atoms with E-state index in [-0.39, 0.29) is 11.8 Å². The maximum absolute atomic E-state index is 12.5. The molecule has 0 atom stereocenters. The Bertz CT molecular complexity index is 1280. The minimum atomic E-state index is -0.547. The highest BCUT2D eigenvalue weighted by Crippen LogP contribution is 2.37. The number of esters is 1. The lowest BCUT2D eigenvalue weighted by atomic mass is 10.1. The van der Waals surface area contributed by atoms with E-state index >= 15 is 0 Å². The van der Waals surface area contributed by atoms with Crippen molar-refractivity contribution >= 4 is 50.6 Å². The first kappa shape index (κ1) is 22.5. The molecule has 0 spiro atoms. The Balaban J connectivity index is 1.55. The summed E-state index contributed by atoms with van der Waals surface area (Å²) in [7, 11) is 1.28. The molecule has 1 aliphatic rings. The molecule has 1 aromatic carbocycles. The SMILES string of the molecule is COC(=O)c1c(NC(=O)C=Cc2ccc([N+](=O)[O-])s2)sc(Cc2ccc3c(c2)OCO3)c1C. The summed E-state index contributed by atoms with van der Waals surface area (Å²) in [5.41, 5.74) is 1.99. The number of nitro groups is 1. The van der Waals surface area contributed by atoms with Gasteiger partial charge in [0.1, 0.15) is 5.00 Å². The molecule has 33 heavy (non-hydrogen) atoms. The molecule has 0 fully saturated rings. The predicted octanol–water partition coefficient (Wildman–Crippen LogP) is 4.78. The molecule has 2 aromatic heterocycles. The van der Waals surface area contributed by atoms with Crippen LogP contribution in [0.15, 0.2) is 36.4 Å². The molecule has 0 saturated heterocycles. The third kappa shape index (κ3) is 4.89. The van der Waals surface area contributed by atoms with Crippen LogP contribution in [0.3, 0.4) is 0 Å². The first-order valence-electron chi connectivity index (χ1n) is 9.68. The van der Waals surface area contributed by atoms with E-state index in [0.717, 1.165) is 27.3 Å². The van der Waals surface area contributed by atoms with Crippen molar-refractivity contribution in [3.8, 4) is 11.5 Å². The monoisotopic (exact) mass is 486 g/mol. The summed E-state index contributed by atoms with van der Waals surface area (Å²) < 4.78 is 15.7. The van der Waals surface area contributed by atoms with E-state index in [0.29, 0.717) is 33.4 Å². The summed E-state index contributed by atoms with van der Waals surface area (Å²) in [6, 6.07) is 8.59. The quantitative estimate of drug-likeness (QED) is 0.221. The van der Waals surface area contributed by atoms with E-state index in [1.54, 1.807) is 13.0 Å². The molecular weight excluding hydrogens is 468 g/mol. The second kappa shape index (κ2) is 9.43. The standard InChI is InChI=1S/C22H18N2O7S2/c1-12-17(10-13-3-6-15-16(9-13)31-11-30-15)33-21(20(12)22(26)29-2)23-18(25)7-4-14-5-8-19(32-14)24(27)28/h3-9H,10-11H2,1-2H3,(H,23,25). The molecule has 0 radical (unpaired) electrons. The fourth-order valence-corrected chi connectivity index (χ4v) is 5.20. The van der Waals surface area contributed by atoms with Gasteiger partial charge in [-0.2, -0.15) is 0 Å². The van der Waals surface area contributed by atoms with E-state index in [9.17, 15) is 19.7 Å². The van der Waals surface area contributed by atoms with Crippen LogP contribution in [0.5, 0.6) is 11.5 Å². The van der Waals surface area contributed by atoms with Crippen LogP contribution in [0.1, 0.15) is 31.2 Å². The number of carbonyl (C=O) groups is 2. The molecule has 0 saturated carbocycles. The van der Waals surface area contributed by atoms with Crippen molar-refractivity contribution in [1.82, 2.24) is 0 Å². The number of ether oxygens (including phenoxy) is 3. The molecule has 3 aromatic rings. The third-order valence-electron chi connectivity index (χ3n) is 4.87. The lowest BCUT2D eigenvalue weighted by molar-refractivity contribution is -0.380. The Morgan fingerprint density at radius 2 is 2.00 bits per heavy atom. The van der Waals surface area contributed by atoms with Gasteiger partial charge in [0.15, 0.2) is 11.5 Å². The Morgan fingerprint density at radius 3 is 2.73 bits per heavy atom. The molecule has 0 aliphatic carbocycles. The zero-order valence-electron chi connectivity index (χ0n) is 17.6. The fourth-order valence-electron chi connectivity index (χ4n) is 3.24. The average molecular weight is 487 g/mol. The minimum absolute atomic E-state index is 0.00919. The fraction of sp³-hybridized carbons (Fsp3) is 0.182. The normalized spacial score (nSPS) is 12.2. The number of nitrogens with one attached hydrogen (secondary N) is 1. The first-order chi connectivity index (χ1) is 15.9. The highest BCUT2D eigenvalue weighted by Gasteiger charge is 2.23. The zero-order valence-corrected chi connectivity index (χ0v) is 19.2. The van der Waals surface area contributed by atoms with Crippen molar-refractivity contribution < 1.29 is 28.7 Å². The van der Waals surface area contributed by atoms with Crippen molar-refractivity contribution in [3.63, 3.8) is 0 Å². The van der Waals surface area contributed by atoms with Gasteiger partial charge in [-0.1, -0.05) is 17.4 Å². The summed E-state index contributed by atoms with van der Waals surface area (Å²) in [6.07, 6.45) is 3.28. The maximum Gasteiger partial charge on any atom is 0.341 e. The van der Waals surface area contributed by atoms with Crippen LogP contribution >= 0.6 is 22.7 Å². The highest BCUT2D eigenvalue weighted by molar-refractivity contribution is 7.17. The summed E-state index contributed by atoms with van der Waals surface area (Å²) >= 11 is 2.25. The van der Waals surface area contributed by atoms with Gasteiger partial charge in [-0.15, -0.1) is 11.3 Å². The first-order valence-corrected chi connectivity index (χ1v) is 11.3. The van der Waals surface area contributed by atoms with Crippen molar-refractivity contribution in [1.29, 1.82) is 0 Å². The average Bonchev–Trinajstić information content (AvgIpc) is 3.51. The molecule has 3 heterocycles. The third-order valence-corrected chi connectivity index (χ3v) is 7.07. The van der Waals surface area contributed by atoms with Gasteiger partial charge >= 0.3 is 11.0 Å².